The van der Waals surface area contributed by atoms with E-state index in [0.29, 0.717) is 12.1 Å². The second-order valence-electron chi connectivity index (χ2n) is 3.75. The van der Waals surface area contributed by atoms with E-state index in [9.17, 15) is 35.6 Å². The van der Waals surface area contributed by atoms with Crippen LogP contribution >= 0.6 is 0 Å². The fourth-order valence-corrected chi connectivity index (χ4v) is 1.46. The Hall–Kier alpha value is -1.67. The number of nitrogens with zero attached hydrogens (tertiary/aromatic N) is 1. The van der Waals surface area contributed by atoms with E-state index in [1.807, 2.05) is 0 Å². The Morgan fingerprint density at radius 3 is 1.74 bits per heavy atom. The maximum Gasteiger partial charge on any atom is 0.435 e. The highest BCUT2D eigenvalue weighted by Crippen LogP contribution is 2.53. The second-order valence-corrected chi connectivity index (χ2v) is 3.75. The minimum Gasteiger partial charge on any atom is -0.218 e. The first-order chi connectivity index (χ1) is 8.45. The van der Waals surface area contributed by atoms with Crippen LogP contribution in [0.2, 0.25) is 0 Å². The molecule has 0 atom stereocenters. The van der Waals surface area contributed by atoms with Crippen molar-refractivity contribution in [3.05, 3.63) is 34.2 Å². The summed E-state index contributed by atoms with van der Waals surface area (Å²) in [5, 5.41) is 2.38. The predicted octanol–water partition coefficient (Wildman–Crippen LogP) is 4.68. The van der Waals surface area contributed by atoms with Gasteiger partial charge < -0.3 is 0 Å². The molecule has 0 saturated carbocycles. The van der Waals surface area contributed by atoms with Gasteiger partial charge in [-0.2, -0.15) is 26.3 Å². The van der Waals surface area contributed by atoms with Crippen LogP contribution in [0.3, 0.4) is 0 Å². The van der Waals surface area contributed by atoms with Crippen molar-refractivity contribution in [1.29, 1.82) is 0 Å². The number of aryl methyl sites for hydroxylation is 1. The van der Waals surface area contributed by atoms with Gasteiger partial charge in [0.25, 0.3) is 0 Å². The van der Waals surface area contributed by atoms with Crippen molar-refractivity contribution in [2.75, 3.05) is 0 Å². The van der Waals surface area contributed by atoms with Gasteiger partial charge in [-0.1, -0.05) is 6.07 Å². The van der Waals surface area contributed by atoms with Gasteiger partial charge in [-0.25, -0.2) is 4.39 Å². The van der Waals surface area contributed by atoms with Gasteiger partial charge in [-0.3, -0.25) is 0 Å². The van der Waals surface area contributed by atoms with Crippen molar-refractivity contribution in [3.63, 3.8) is 0 Å². The summed E-state index contributed by atoms with van der Waals surface area (Å²) >= 11 is 0. The maximum absolute atomic E-state index is 13.6. The van der Waals surface area contributed by atoms with Crippen LogP contribution in [0.4, 0.5) is 36.4 Å². The van der Waals surface area contributed by atoms with Gasteiger partial charge in [0.1, 0.15) is 5.69 Å². The summed E-state index contributed by atoms with van der Waals surface area (Å²) in [6.07, 6.45) is -12.3. The minimum atomic E-state index is -6.17. The predicted molar refractivity (Wildman–Crippen MR) is 51.5 cm³/mol. The molecule has 9 heteroatoms. The molecule has 1 aromatic rings. The lowest BCUT2D eigenvalue weighted by atomic mass is 9.92. The minimum absolute atomic E-state index is 0.241. The summed E-state index contributed by atoms with van der Waals surface area (Å²) in [7, 11) is 0. The lowest BCUT2D eigenvalue weighted by Gasteiger charge is -2.30. The number of hydrogen-bond acceptors (Lipinski definition) is 2. The van der Waals surface area contributed by atoms with Gasteiger partial charge in [0.2, 0.25) is 0 Å². The van der Waals surface area contributed by atoms with Gasteiger partial charge in [-0.15, -0.1) is 4.91 Å². The lowest BCUT2D eigenvalue weighted by Crippen LogP contribution is -2.50. The van der Waals surface area contributed by atoms with Crippen LogP contribution in [-0.2, 0) is 5.67 Å². The molecule has 2 nitrogen and oxygen atoms in total. The molecule has 0 aliphatic rings. The third kappa shape index (κ3) is 2.41. The standard InChI is InChI=1S/C10H6F7NO/c1-5-4-6(2-3-7(5)18-19)8(11,9(12,13)14)10(15,16)17/h2-4H,1H3. The molecule has 0 amide bonds. The van der Waals surface area contributed by atoms with Crippen LogP contribution in [0.1, 0.15) is 11.1 Å². The number of rotatable bonds is 2. The molecule has 0 N–H and O–H groups in total. The van der Waals surface area contributed by atoms with Crippen molar-refractivity contribution in [1.82, 2.24) is 0 Å². The van der Waals surface area contributed by atoms with E-state index < -0.39 is 23.6 Å². The van der Waals surface area contributed by atoms with Crippen molar-refractivity contribution in [3.8, 4) is 0 Å². The molecule has 0 aromatic heterocycles. The van der Waals surface area contributed by atoms with Crippen LogP contribution in [0, 0.1) is 11.8 Å². The molecule has 0 heterocycles. The lowest BCUT2D eigenvalue weighted by molar-refractivity contribution is -0.348. The third-order valence-corrected chi connectivity index (χ3v) is 2.47. The van der Waals surface area contributed by atoms with Crippen LogP contribution < -0.4 is 0 Å². The average Bonchev–Trinajstić information content (AvgIpc) is 2.24. The number of benzene rings is 1. The van der Waals surface area contributed by atoms with Gasteiger partial charge in [-0.05, 0) is 29.8 Å². The van der Waals surface area contributed by atoms with Gasteiger partial charge in [0.15, 0.2) is 0 Å². The Kier molecular flexibility index (Phi) is 3.61. The van der Waals surface area contributed by atoms with Crippen LogP contribution in [-0.4, -0.2) is 12.4 Å². The van der Waals surface area contributed by atoms with Crippen LogP contribution in [0.5, 0.6) is 0 Å². The number of alkyl halides is 7. The van der Waals surface area contributed by atoms with Gasteiger partial charge in [0.05, 0.1) is 0 Å². The van der Waals surface area contributed by atoms with Crippen LogP contribution in [0.25, 0.3) is 0 Å². The van der Waals surface area contributed by atoms with Gasteiger partial charge >= 0.3 is 18.0 Å². The summed E-state index contributed by atoms with van der Waals surface area (Å²) < 4.78 is 88.1. The molecule has 0 radical (unpaired) electrons. The molecule has 0 fully saturated rings. The Labute approximate surface area is 102 Å². The third-order valence-electron chi connectivity index (χ3n) is 2.47. The Balaban J connectivity index is 3.52. The highest BCUT2D eigenvalue weighted by Gasteiger charge is 2.73. The zero-order chi connectivity index (χ0) is 15.1. The fourth-order valence-electron chi connectivity index (χ4n) is 1.46. The maximum atomic E-state index is 13.6. The summed E-state index contributed by atoms with van der Waals surface area (Å²) in [6, 6.07) is 1.14. The molecular formula is C10H6F7NO. The molecule has 1 rings (SSSR count). The summed E-state index contributed by atoms with van der Waals surface area (Å²) in [5.74, 6) is 0. The molecule has 1 aromatic carbocycles. The zero-order valence-electron chi connectivity index (χ0n) is 9.23. The van der Waals surface area contributed by atoms with E-state index in [4.69, 9.17) is 0 Å². The molecular weight excluding hydrogens is 283 g/mol. The normalized spacial score (nSPS) is 13.5. The first-order valence-corrected chi connectivity index (χ1v) is 4.72. The van der Waals surface area contributed by atoms with E-state index in [-0.39, 0.29) is 17.3 Å². The van der Waals surface area contributed by atoms with Gasteiger partial charge in [0, 0.05) is 5.56 Å². The smallest absolute Gasteiger partial charge is 0.218 e. The summed E-state index contributed by atoms with van der Waals surface area (Å²) in [4.78, 5) is 10.2. The van der Waals surface area contributed by atoms with E-state index in [1.165, 1.54) is 0 Å². The zero-order valence-corrected chi connectivity index (χ0v) is 9.23. The summed E-state index contributed by atoms with van der Waals surface area (Å²) in [5.41, 5.74) is -7.79. The van der Waals surface area contributed by atoms with E-state index in [2.05, 4.69) is 5.18 Å². The van der Waals surface area contributed by atoms with Crippen molar-refractivity contribution >= 4 is 5.69 Å². The molecule has 0 bridgehead atoms. The number of nitroso groups, excluding NO2 is 1. The Morgan fingerprint density at radius 1 is 0.947 bits per heavy atom. The average molecular weight is 289 g/mol. The number of halogens is 7. The van der Waals surface area contributed by atoms with Crippen LogP contribution in [0.15, 0.2) is 23.4 Å². The first-order valence-electron chi connectivity index (χ1n) is 4.72. The van der Waals surface area contributed by atoms with E-state index >= 15 is 0 Å². The van der Waals surface area contributed by atoms with E-state index in [1.54, 1.807) is 0 Å². The van der Waals surface area contributed by atoms with Crippen molar-refractivity contribution in [2.45, 2.75) is 24.9 Å². The fraction of sp³-hybridized carbons (Fsp3) is 0.400. The molecule has 0 aliphatic carbocycles. The molecule has 0 aliphatic heterocycles. The number of hydrogen-bond donors (Lipinski definition) is 0. The summed E-state index contributed by atoms with van der Waals surface area (Å²) in [6.45, 7) is 1.05. The molecule has 0 saturated heterocycles. The molecule has 19 heavy (non-hydrogen) atoms. The molecule has 0 spiro atoms. The monoisotopic (exact) mass is 289 g/mol. The quantitative estimate of drug-likeness (QED) is 0.574. The van der Waals surface area contributed by atoms with Crippen molar-refractivity contribution in [2.24, 2.45) is 5.18 Å². The Bertz CT molecular complexity index is 478. The molecule has 0 unspecified atom stereocenters. The van der Waals surface area contributed by atoms with E-state index in [0.717, 1.165) is 6.92 Å². The topological polar surface area (TPSA) is 29.4 Å². The highest BCUT2D eigenvalue weighted by molar-refractivity contribution is 5.48. The Morgan fingerprint density at radius 2 is 1.42 bits per heavy atom. The van der Waals surface area contributed by atoms with Crippen molar-refractivity contribution < 1.29 is 30.7 Å². The highest BCUT2D eigenvalue weighted by atomic mass is 19.4. The largest absolute Gasteiger partial charge is 0.435 e. The second kappa shape index (κ2) is 4.46. The SMILES string of the molecule is Cc1cc(C(F)(C(F)(F)F)C(F)(F)F)ccc1N=O. The first kappa shape index (κ1) is 15.4. The molecule has 106 valence electrons.